The Labute approximate surface area is 93.8 Å². The van der Waals surface area contributed by atoms with Gasteiger partial charge in [0.25, 0.3) is 0 Å². The molecule has 3 N–H and O–H groups in total. The van der Waals surface area contributed by atoms with Crippen LogP contribution >= 0.6 is 0 Å². The number of hydrogen-bond donors (Lipinski definition) is 2. The number of aliphatic hydroxyl groups is 1. The van der Waals surface area contributed by atoms with Gasteiger partial charge in [0.1, 0.15) is 5.76 Å². The summed E-state index contributed by atoms with van der Waals surface area (Å²) in [6.07, 6.45) is 5.19. The zero-order chi connectivity index (χ0) is 10.6. The standard InChI is InChI=1S/C14H13NO/c15-4-5-1-2-8(16)12-13-9(5)10-6-3-7(6)11(10)14(12)13/h1-2,7,11,13-14,16H,3-4,15H2. The molecule has 80 valence electrons. The molecule has 5 rings (SSSR count). The van der Waals surface area contributed by atoms with E-state index in [0.717, 1.165) is 11.8 Å². The van der Waals surface area contributed by atoms with Gasteiger partial charge in [0.2, 0.25) is 0 Å². The van der Waals surface area contributed by atoms with Crippen LogP contribution in [0.2, 0.25) is 0 Å². The Morgan fingerprint density at radius 3 is 2.94 bits per heavy atom. The minimum Gasteiger partial charge on any atom is -0.508 e. The highest BCUT2D eigenvalue weighted by molar-refractivity contribution is 5.72. The van der Waals surface area contributed by atoms with Crippen LogP contribution in [0.5, 0.6) is 0 Å². The average Bonchev–Trinajstić information content (AvgIpc) is 3.13. The molecule has 5 aliphatic rings. The fourth-order valence-corrected chi connectivity index (χ4v) is 4.37. The Morgan fingerprint density at radius 2 is 2.12 bits per heavy atom. The van der Waals surface area contributed by atoms with Crippen LogP contribution in [0.25, 0.3) is 0 Å². The normalized spacial score (nSPS) is 45.1. The van der Waals surface area contributed by atoms with Crippen molar-refractivity contribution >= 4 is 0 Å². The van der Waals surface area contributed by atoms with Crippen molar-refractivity contribution in [2.24, 2.45) is 29.4 Å². The summed E-state index contributed by atoms with van der Waals surface area (Å²) in [5.41, 5.74) is 13.2. The predicted octanol–water partition coefficient (Wildman–Crippen LogP) is 1.83. The summed E-state index contributed by atoms with van der Waals surface area (Å²) < 4.78 is 0. The maximum absolute atomic E-state index is 9.97. The quantitative estimate of drug-likeness (QED) is 0.695. The van der Waals surface area contributed by atoms with E-state index in [-0.39, 0.29) is 0 Å². The van der Waals surface area contributed by atoms with E-state index in [9.17, 15) is 5.11 Å². The van der Waals surface area contributed by atoms with Crippen molar-refractivity contribution in [3.63, 3.8) is 0 Å². The first kappa shape index (κ1) is 7.91. The van der Waals surface area contributed by atoms with E-state index in [1.807, 2.05) is 12.2 Å². The van der Waals surface area contributed by atoms with Gasteiger partial charge in [0.15, 0.2) is 0 Å². The van der Waals surface area contributed by atoms with E-state index in [2.05, 4.69) is 0 Å². The summed E-state index contributed by atoms with van der Waals surface area (Å²) in [4.78, 5) is 0. The number of hydrogen-bond acceptors (Lipinski definition) is 2. The monoisotopic (exact) mass is 211 g/mol. The Kier molecular flexibility index (Phi) is 1.02. The van der Waals surface area contributed by atoms with Crippen molar-refractivity contribution in [3.8, 4) is 0 Å². The molecule has 0 bridgehead atoms. The van der Waals surface area contributed by atoms with Gasteiger partial charge in [-0.2, -0.15) is 0 Å². The maximum atomic E-state index is 9.97. The van der Waals surface area contributed by atoms with Crippen LogP contribution in [0.15, 0.2) is 45.8 Å². The third-order valence-electron chi connectivity index (χ3n) is 5.08. The van der Waals surface area contributed by atoms with Crippen LogP contribution in [0, 0.1) is 23.7 Å². The second-order valence-corrected chi connectivity index (χ2v) is 5.60. The molecule has 0 aliphatic heterocycles. The number of nitrogens with two attached hydrogens (primary N) is 1. The lowest BCUT2D eigenvalue weighted by molar-refractivity contribution is 0.422. The maximum Gasteiger partial charge on any atom is 0.115 e. The zero-order valence-electron chi connectivity index (χ0n) is 8.90. The van der Waals surface area contributed by atoms with Gasteiger partial charge in [-0.1, -0.05) is 11.6 Å². The number of rotatable bonds is 1. The van der Waals surface area contributed by atoms with E-state index < -0.39 is 0 Å². The minimum absolute atomic E-state index is 0.518. The van der Waals surface area contributed by atoms with Crippen molar-refractivity contribution in [3.05, 3.63) is 45.8 Å². The van der Waals surface area contributed by atoms with Gasteiger partial charge in [-0.3, -0.25) is 0 Å². The highest BCUT2D eigenvalue weighted by Gasteiger charge is 2.71. The highest BCUT2D eigenvalue weighted by atomic mass is 16.3. The molecule has 0 spiro atoms. The zero-order valence-corrected chi connectivity index (χ0v) is 8.90. The van der Waals surface area contributed by atoms with Gasteiger partial charge in [-0.05, 0) is 46.6 Å². The molecule has 4 atom stereocenters. The second-order valence-electron chi connectivity index (χ2n) is 5.60. The summed E-state index contributed by atoms with van der Waals surface area (Å²) in [6.45, 7) is 0.601. The largest absolute Gasteiger partial charge is 0.508 e. The van der Waals surface area contributed by atoms with Gasteiger partial charge in [0, 0.05) is 18.4 Å². The first-order chi connectivity index (χ1) is 7.83. The van der Waals surface area contributed by atoms with Crippen LogP contribution in [0.1, 0.15) is 6.42 Å². The van der Waals surface area contributed by atoms with Crippen molar-refractivity contribution in [1.82, 2.24) is 0 Å². The molecule has 0 aromatic heterocycles. The van der Waals surface area contributed by atoms with Crippen LogP contribution < -0.4 is 5.73 Å². The molecule has 0 aromatic carbocycles. The average molecular weight is 211 g/mol. The summed E-state index contributed by atoms with van der Waals surface area (Å²) in [6, 6.07) is 0. The Balaban J connectivity index is 1.82. The van der Waals surface area contributed by atoms with Crippen molar-refractivity contribution in [2.75, 3.05) is 6.54 Å². The third-order valence-corrected chi connectivity index (χ3v) is 5.08. The van der Waals surface area contributed by atoms with Gasteiger partial charge >= 0.3 is 0 Å². The first-order valence-corrected chi connectivity index (χ1v) is 6.10. The fraction of sp³-hybridized carbons (Fsp3) is 0.429. The Bertz CT molecular complexity index is 576. The van der Waals surface area contributed by atoms with E-state index >= 15 is 0 Å². The summed E-state index contributed by atoms with van der Waals surface area (Å²) in [7, 11) is 0. The molecule has 2 nitrogen and oxygen atoms in total. The topological polar surface area (TPSA) is 46.2 Å². The van der Waals surface area contributed by atoms with E-state index in [0.29, 0.717) is 24.1 Å². The van der Waals surface area contributed by atoms with Crippen LogP contribution in [-0.4, -0.2) is 11.7 Å². The van der Waals surface area contributed by atoms with E-state index in [1.54, 1.807) is 11.1 Å². The smallest absolute Gasteiger partial charge is 0.115 e. The lowest BCUT2D eigenvalue weighted by Gasteiger charge is -2.24. The van der Waals surface area contributed by atoms with Crippen LogP contribution in [0.4, 0.5) is 0 Å². The molecular formula is C14H13NO. The molecule has 3 saturated carbocycles. The number of allylic oxidation sites excluding steroid dienone is 5. The molecule has 0 amide bonds. The molecule has 5 aliphatic carbocycles. The highest BCUT2D eigenvalue weighted by Crippen LogP contribution is 2.79. The van der Waals surface area contributed by atoms with Crippen molar-refractivity contribution < 1.29 is 5.11 Å². The molecule has 0 saturated heterocycles. The molecule has 0 heterocycles. The van der Waals surface area contributed by atoms with Crippen LogP contribution in [-0.2, 0) is 0 Å². The van der Waals surface area contributed by atoms with Crippen molar-refractivity contribution in [1.29, 1.82) is 0 Å². The fourth-order valence-electron chi connectivity index (χ4n) is 4.37. The summed E-state index contributed by atoms with van der Waals surface area (Å²) in [5.74, 6) is 3.33. The molecular weight excluding hydrogens is 198 g/mol. The van der Waals surface area contributed by atoms with Gasteiger partial charge in [0.05, 0.1) is 0 Å². The van der Waals surface area contributed by atoms with E-state index in [4.69, 9.17) is 5.73 Å². The van der Waals surface area contributed by atoms with Crippen LogP contribution in [0.3, 0.4) is 0 Å². The minimum atomic E-state index is 0.518. The van der Waals surface area contributed by atoms with Gasteiger partial charge < -0.3 is 10.8 Å². The lowest BCUT2D eigenvalue weighted by atomic mass is 9.80. The first-order valence-electron chi connectivity index (χ1n) is 6.10. The Hall–Kier alpha value is -1.28. The number of fused-ring (bicyclic) bond motifs is 6. The molecule has 3 fully saturated rings. The summed E-state index contributed by atoms with van der Waals surface area (Å²) >= 11 is 0. The molecule has 4 unspecified atom stereocenters. The SMILES string of the molecule is NCC1=C2C3=C4CC4C3C3C(=C(O)C=C1)C23. The molecule has 0 radical (unpaired) electrons. The molecule has 16 heavy (non-hydrogen) atoms. The van der Waals surface area contributed by atoms with Crippen molar-refractivity contribution in [2.45, 2.75) is 6.42 Å². The Morgan fingerprint density at radius 1 is 1.25 bits per heavy atom. The summed E-state index contributed by atoms with van der Waals surface area (Å²) in [5, 5.41) is 9.97. The van der Waals surface area contributed by atoms with Gasteiger partial charge in [-0.25, -0.2) is 0 Å². The number of aliphatic hydroxyl groups excluding tert-OH is 1. The molecule has 0 aromatic rings. The predicted molar refractivity (Wildman–Crippen MR) is 60.5 cm³/mol. The second kappa shape index (κ2) is 2.07. The third kappa shape index (κ3) is 0.605. The molecule has 2 heteroatoms. The van der Waals surface area contributed by atoms with E-state index in [1.165, 1.54) is 23.1 Å². The lowest BCUT2D eigenvalue weighted by Crippen LogP contribution is -2.16. The van der Waals surface area contributed by atoms with Gasteiger partial charge in [-0.15, -0.1) is 0 Å².